The van der Waals surface area contributed by atoms with Gasteiger partial charge in [0.15, 0.2) is 17.0 Å². The highest BCUT2D eigenvalue weighted by Gasteiger charge is 2.40. The van der Waals surface area contributed by atoms with Crippen molar-refractivity contribution in [3.05, 3.63) is 11.6 Å². The SMILES string of the molecule is FC1(F)CCN(c2nc(Cl)nc3c2ncn3C2CCCCO2)C1. The number of hydrogen-bond donors (Lipinski definition) is 0. The maximum absolute atomic E-state index is 13.5. The number of halogens is 3. The highest BCUT2D eigenvalue weighted by molar-refractivity contribution is 6.28. The summed E-state index contributed by atoms with van der Waals surface area (Å²) in [7, 11) is 0. The number of imidazole rings is 1. The number of nitrogens with zero attached hydrogens (tertiary/aromatic N) is 5. The molecular formula is C14H16ClF2N5O. The van der Waals surface area contributed by atoms with Crippen LogP contribution in [0.4, 0.5) is 14.6 Å². The molecule has 2 fully saturated rings. The van der Waals surface area contributed by atoms with Crippen LogP contribution in [0.15, 0.2) is 6.33 Å². The zero-order chi connectivity index (χ0) is 16.0. The summed E-state index contributed by atoms with van der Waals surface area (Å²) >= 11 is 6.02. The molecular weight excluding hydrogens is 328 g/mol. The van der Waals surface area contributed by atoms with Crippen molar-refractivity contribution in [2.75, 3.05) is 24.6 Å². The van der Waals surface area contributed by atoms with Crippen LogP contribution in [0.3, 0.4) is 0 Å². The van der Waals surface area contributed by atoms with E-state index in [2.05, 4.69) is 15.0 Å². The van der Waals surface area contributed by atoms with E-state index in [1.165, 1.54) is 4.90 Å². The smallest absolute Gasteiger partial charge is 0.266 e. The van der Waals surface area contributed by atoms with Crippen molar-refractivity contribution in [1.82, 2.24) is 19.5 Å². The Bertz CT molecular complexity index is 731. The van der Waals surface area contributed by atoms with Crippen LogP contribution >= 0.6 is 11.6 Å². The van der Waals surface area contributed by atoms with E-state index in [9.17, 15) is 8.78 Å². The quantitative estimate of drug-likeness (QED) is 0.784. The molecule has 0 radical (unpaired) electrons. The van der Waals surface area contributed by atoms with Gasteiger partial charge in [-0.15, -0.1) is 0 Å². The fraction of sp³-hybridized carbons (Fsp3) is 0.643. The Hall–Kier alpha value is -1.54. The molecule has 4 rings (SSSR count). The third-order valence-electron chi connectivity index (χ3n) is 4.31. The standard InChI is InChI=1S/C14H16ClF2N5O/c15-13-19-11(21-5-4-14(16,17)7-21)10-12(20-13)22(8-18-10)9-3-1-2-6-23-9/h8-9H,1-7H2. The predicted molar refractivity (Wildman–Crippen MR) is 81.0 cm³/mol. The molecule has 0 bridgehead atoms. The molecule has 0 amide bonds. The molecule has 2 aromatic rings. The largest absolute Gasteiger partial charge is 0.358 e. The summed E-state index contributed by atoms with van der Waals surface area (Å²) in [4.78, 5) is 14.2. The normalized spacial score (nSPS) is 24.5. The van der Waals surface area contributed by atoms with Crippen LogP contribution in [0.5, 0.6) is 0 Å². The molecule has 6 nitrogen and oxygen atoms in total. The lowest BCUT2D eigenvalue weighted by atomic mass is 10.2. The molecule has 2 aliphatic rings. The first-order valence-corrected chi connectivity index (χ1v) is 8.06. The molecule has 0 saturated carbocycles. The van der Waals surface area contributed by atoms with Crippen molar-refractivity contribution in [1.29, 1.82) is 0 Å². The lowest BCUT2D eigenvalue weighted by molar-refractivity contribution is -0.0298. The number of hydrogen-bond acceptors (Lipinski definition) is 5. The van der Waals surface area contributed by atoms with Crippen LogP contribution in [0, 0.1) is 0 Å². The number of anilines is 1. The van der Waals surface area contributed by atoms with Gasteiger partial charge in [-0.25, -0.2) is 13.8 Å². The van der Waals surface area contributed by atoms with E-state index in [-0.39, 0.29) is 31.0 Å². The first-order valence-electron chi connectivity index (χ1n) is 7.68. The molecule has 23 heavy (non-hydrogen) atoms. The summed E-state index contributed by atoms with van der Waals surface area (Å²) in [5.41, 5.74) is 1.02. The minimum atomic E-state index is -2.71. The zero-order valence-corrected chi connectivity index (χ0v) is 13.1. The van der Waals surface area contributed by atoms with Gasteiger partial charge in [0.2, 0.25) is 5.28 Å². The van der Waals surface area contributed by atoms with Crippen LogP contribution < -0.4 is 4.90 Å². The van der Waals surface area contributed by atoms with Gasteiger partial charge in [0.25, 0.3) is 5.92 Å². The summed E-state index contributed by atoms with van der Waals surface area (Å²) in [6.07, 6.45) is 4.25. The average molecular weight is 344 g/mol. The van der Waals surface area contributed by atoms with Gasteiger partial charge in [-0.3, -0.25) is 4.57 Å². The van der Waals surface area contributed by atoms with Crippen LogP contribution in [0.2, 0.25) is 5.28 Å². The Morgan fingerprint density at radius 1 is 1.30 bits per heavy atom. The Balaban J connectivity index is 1.76. The molecule has 0 aliphatic carbocycles. The monoisotopic (exact) mass is 343 g/mol. The molecule has 9 heteroatoms. The number of ether oxygens (including phenoxy) is 1. The van der Waals surface area contributed by atoms with Gasteiger partial charge >= 0.3 is 0 Å². The Labute approximate surface area is 136 Å². The zero-order valence-electron chi connectivity index (χ0n) is 12.4. The Morgan fingerprint density at radius 3 is 2.87 bits per heavy atom. The molecule has 0 spiro atoms. The number of rotatable bonds is 2. The molecule has 1 atom stereocenters. The summed E-state index contributed by atoms with van der Waals surface area (Å²) < 4.78 is 34.6. The molecule has 2 saturated heterocycles. The first-order chi connectivity index (χ1) is 11.0. The fourth-order valence-corrected chi connectivity index (χ4v) is 3.33. The summed E-state index contributed by atoms with van der Waals surface area (Å²) in [5, 5.41) is 0.0280. The first kappa shape index (κ1) is 15.0. The van der Waals surface area contributed by atoms with E-state index >= 15 is 0 Å². The molecule has 1 unspecified atom stereocenters. The third-order valence-corrected chi connectivity index (χ3v) is 4.48. The second-order valence-corrected chi connectivity index (χ2v) is 6.33. The van der Waals surface area contributed by atoms with E-state index in [1.54, 1.807) is 6.33 Å². The van der Waals surface area contributed by atoms with Gasteiger partial charge in [-0.2, -0.15) is 9.97 Å². The van der Waals surface area contributed by atoms with Gasteiger partial charge in [-0.05, 0) is 30.9 Å². The number of fused-ring (bicyclic) bond motifs is 1. The summed E-state index contributed by atoms with van der Waals surface area (Å²) in [6.45, 7) is 0.540. The molecule has 2 aromatic heterocycles. The van der Waals surface area contributed by atoms with Crippen LogP contribution in [0.25, 0.3) is 11.2 Å². The molecule has 124 valence electrons. The summed E-state index contributed by atoms with van der Waals surface area (Å²) in [5.74, 6) is -2.34. The number of aromatic nitrogens is 4. The van der Waals surface area contributed by atoms with Crippen LogP contribution in [-0.4, -0.2) is 45.1 Å². The minimum Gasteiger partial charge on any atom is -0.358 e. The van der Waals surface area contributed by atoms with Gasteiger partial charge in [0.05, 0.1) is 12.9 Å². The average Bonchev–Trinajstić information content (AvgIpc) is 3.10. The Morgan fingerprint density at radius 2 is 2.17 bits per heavy atom. The third kappa shape index (κ3) is 2.74. The second kappa shape index (κ2) is 5.52. The van der Waals surface area contributed by atoms with Gasteiger partial charge in [0, 0.05) is 19.6 Å². The highest BCUT2D eigenvalue weighted by Crippen LogP contribution is 2.34. The maximum atomic E-state index is 13.5. The lowest BCUT2D eigenvalue weighted by Crippen LogP contribution is -2.26. The van der Waals surface area contributed by atoms with Crippen molar-refractivity contribution in [2.24, 2.45) is 0 Å². The van der Waals surface area contributed by atoms with Crippen LogP contribution in [0.1, 0.15) is 31.9 Å². The van der Waals surface area contributed by atoms with Crippen LogP contribution in [-0.2, 0) is 4.74 Å². The van der Waals surface area contributed by atoms with Crippen molar-refractivity contribution in [3.63, 3.8) is 0 Å². The molecule has 0 N–H and O–H groups in total. The fourth-order valence-electron chi connectivity index (χ4n) is 3.17. The Kier molecular flexibility index (Phi) is 3.60. The number of alkyl halides is 2. The molecule has 4 heterocycles. The topological polar surface area (TPSA) is 56.1 Å². The van der Waals surface area contributed by atoms with E-state index in [4.69, 9.17) is 16.3 Å². The lowest BCUT2D eigenvalue weighted by Gasteiger charge is -2.24. The van der Waals surface area contributed by atoms with E-state index in [0.717, 1.165) is 19.3 Å². The molecule has 2 aliphatic heterocycles. The van der Waals surface area contributed by atoms with E-state index < -0.39 is 5.92 Å². The van der Waals surface area contributed by atoms with Gasteiger partial charge in [-0.1, -0.05) is 0 Å². The molecule has 0 aromatic carbocycles. The summed E-state index contributed by atoms with van der Waals surface area (Å²) in [6, 6.07) is 0. The minimum absolute atomic E-state index is 0.0280. The highest BCUT2D eigenvalue weighted by atomic mass is 35.5. The van der Waals surface area contributed by atoms with Crippen molar-refractivity contribution < 1.29 is 13.5 Å². The van der Waals surface area contributed by atoms with Crippen molar-refractivity contribution >= 4 is 28.6 Å². The van der Waals surface area contributed by atoms with Gasteiger partial charge < -0.3 is 9.64 Å². The van der Waals surface area contributed by atoms with Gasteiger partial charge in [0.1, 0.15) is 6.23 Å². The maximum Gasteiger partial charge on any atom is 0.266 e. The van der Waals surface area contributed by atoms with Crippen molar-refractivity contribution in [3.8, 4) is 0 Å². The van der Waals surface area contributed by atoms with E-state index in [0.29, 0.717) is 23.6 Å². The van der Waals surface area contributed by atoms with Crippen molar-refractivity contribution in [2.45, 2.75) is 37.8 Å². The predicted octanol–water partition coefficient (Wildman–Crippen LogP) is 3.02. The second-order valence-electron chi connectivity index (χ2n) is 5.99. The van der Waals surface area contributed by atoms with E-state index in [1.807, 2.05) is 4.57 Å².